The summed E-state index contributed by atoms with van der Waals surface area (Å²) in [7, 11) is 4.71. The first-order valence-corrected chi connectivity index (χ1v) is 6.38. The highest BCUT2D eigenvalue weighted by molar-refractivity contribution is 5.80. The van der Waals surface area contributed by atoms with Crippen molar-refractivity contribution < 1.29 is 19.3 Å². The van der Waals surface area contributed by atoms with Crippen molar-refractivity contribution in [1.82, 2.24) is 0 Å². The minimum atomic E-state index is 0.0750. The zero-order valence-corrected chi connectivity index (χ0v) is 12.3. The summed E-state index contributed by atoms with van der Waals surface area (Å²) in [5, 5.41) is 9.87. The summed E-state index contributed by atoms with van der Waals surface area (Å²) < 4.78 is 15.5. The number of hydrogen-bond acceptors (Lipinski definition) is 4. The average molecular weight is 286 g/mol. The van der Waals surface area contributed by atoms with Crippen LogP contribution in [0.3, 0.4) is 0 Å². The van der Waals surface area contributed by atoms with E-state index in [-0.39, 0.29) is 5.75 Å². The molecule has 0 saturated carbocycles. The third kappa shape index (κ3) is 3.11. The fraction of sp³-hybridized carbons (Fsp3) is 0.176. The summed E-state index contributed by atoms with van der Waals surface area (Å²) in [6.45, 7) is 4.08. The summed E-state index contributed by atoms with van der Waals surface area (Å²) in [5.41, 5.74) is 2.41. The van der Waals surface area contributed by atoms with E-state index in [1.54, 1.807) is 32.4 Å². The summed E-state index contributed by atoms with van der Waals surface area (Å²) in [6.07, 6.45) is 0. The van der Waals surface area contributed by atoms with E-state index in [9.17, 15) is 5.11 Å². The molecule has 0 unspecified atom stereocenters. The number of ether oxygens (including phenoxy) is 3. The van der Waals surface area contributed by atoms with Crippen molar-refractivity contribution in [3.8, 4) is 23.0 Å². The molecule has 0 saturated heterocycles. The van der Waals surface area contributed by atoms with E-state index < -0.39 is 0 Å². The Hall–Kier alpha value is -2.62. The number of phenols is 1. The molecule has 0 radical (unpaired) electrons. The molecule has 0 atom stereocenters. The van der Waals surface area contributed by atoms with Crippen LogP contribution in [0.25, 0.3) is 5.57 Å². The number of methoxy groups -OCH3 is 3. The molecule has 0 aromatic heterocycles. The van der Waals surface area contributed by atoms with Crippen LogP contribution < -0.4 is 14.2 Å². The van der Waals surface area contributed by atoms with Crippen LogP contribution in [0, 0.1) is 0 Å². The van der Waals surface area contributed by atoms with Crippen LogP contribution in [0.5, 0.6) is 23.0 Å². The molecule has 0 spiro atoms. The van der Waals surface area contributed by atoms with Crippen LogP contribution in [-0.2, 0) is 0 Å². The Bertz CT molecular complexity index is 640. The quantitative estimate of drug-likeness (QED) is 0.914. The van der Waals surface area contributed by atoms with Crippen LogP contribution in [0.15, 0.2) is 43.0 Å². The highest BCUT2D eigenvalue weighted by Gasteiger charge is 2.10. The van der Waals surface area contributed by atoms with E-state index in [2.05, 4.69) is 6.58 Å². The van der Waals surface area contributed by atoms with Crippen molar-refractivity contribution in [2.75, 3.05) is 21.3 Å². The Morgan fingerprint density at radius 2 is 1.48 bits per heavy atom. The van der Waals surface area contributed by atoms with Gasteiger partial charge in [-0.15, -0.1) is 0 Å². The minimum Gasteiger partial charge on any atom is -0.504 e. The first-order valence-electron chi connectivity index (χ1n) is 6.38. The van der Waals surface area contributed by atoms with Crippen molar-refractivity contribution in [3.63, 3.8) is 0 Å². The number of hydrogen-bond donors (Lipinski definition) is 1. The fourth-order valence-corrected chi connectivity index (χ4v) is 2.03. The molecule has 4 nitrogen and oxygen atoms in total. The maximum Gasteiger partial charge on any atom is 0.160 e. The second-order valence-corrected chi connectivity index (χ2v) is 4.47. The van der Waals surface area contributed by atoms with Crippen molar-refractivity contribution in [1.29, 1.82) is 0 Å². The zero-order chi connectivity index (χ0) is 15.4. The number of aromatic hydroxyl groups is 1. The Labute approximate surface area is 124 Å². The van der Waals surface area contributed by atoms with E-state index in [4.69, 9.17) is 14.2 Å². The highest BCUT2D eigenvalue weighted by atomic mass is 16.5. The van der Waals surface area contributed by atoms with Crippen molar-refractivity contribution in [2.24, 2.45) is 0 Å². The third-order valence-electron chi connectivity index (χ3n) is 3.23. The third-order valence-corrected chi connectivity index (χ3v) is 3.23. The molecule has 0 amide bonds. The second kappa shape index (κ2) is 6.22. The van der Waals surface area contributed by atoms with Gasteiger partial charge in [0.25, 0.3) is 0 Å². The predicted molar refractivity (Wildman–Crippen MR) is 82.3 cm³/mol. The monoisotopic (exact) mass is 286 g/mol. The standard InChI is InChI=1S/C17H18O4/c1-11(12-5-6-17(21-4)16(18)9-12)13-7-14(19-2)10-15(8-13)20-3/h5-10,18H,1H2,2-4H3. The van der Waals surface area contributed by atoms with Crippen molar-refractivity contribution in [2.45, 2.75) is 0 Å². The van der Waals surface area contributed by atoms with E-state index in [0.717, 1.165) is 16.7 Å². The smallest absolute Gasteiger partial charge is 0.160 e. The lowest BCUT2D eigenvalue weighted by molar-refractivity contribution is 0.373. The van der Waals surface area contributed by atoms with Crippen LogP contribution in [0.2, 0.25) is 0 Å². The Morgan fingerprint density at radius 1 is 0.857 bits per heavy atom. The second-order valence-electron chi connectivity index (χ2n) is 4.47. The maximum absolute atomic E-state index is 9.87. The Balaban J connectivity index is 2.41. The molecule has 0 heterocycles. The molecule has 4 heteroatoms. The van der Waals surface area contributed by atoms with Crippen LogP contribution >= 0.6 is 0 Å². The minimum absolute atomic E-state index is 0.0750. The Morgan fingerprint density at radius 3 is 1.95 bits per heavy atom. The summed E-state index contributed by atoms with van der Waals surface area (Å²) >= 11 is 0. The summed E-state index contributed by atoms with van der Waals surface area (Å²) in [4.78, 5) is 0. The fourth-order valence-electron chi connectivity index (χ4n) is 2.03. The lowest BCUT2D eigenvalue weighted by Gasteiger charge is -2.12. The van der Waals surface area contributed by atoms with E-state index in [0.29, 0.717) is 17.2 Å². The molecule has 0 bridgehead atoms. The normalized spacial score (nSPS) is 10.0. The van der Waals surface area contributed by atoms with Gasteiger partial charge in [0.1, 0.15) is 11.5 Å². The van der Waals surface area contributed by atoms with Crippen LogP contribution in [0.1, 0.15) is 11.1 Å². The predicted octanol–water partition coefficient (Wildman–Crippen LogP) is 3.48. The molecule has 0 aliphatic heterocycles. The number of benzene rings is 2. The van der Waals surface area contributed by atoms with Gasteiger partial charge in [-0.25, -0.2) is 0 Å². The molecule has 110 valence electrons. The van der Waals surface area contributed by atoms with Gasteiger partial charge in [0.05, 0.1) is 21.3 Å². The van der Waals surface area contributed by atoms with Gasteiger partial charge in [0.15, 0.2) is 11.5 Å². The molecule has 1 N–H and O–H groups in total. The molecular weight excluding hydrogens is 268 g/mol. The van der Waals surface area contributed by atoms with Gasteiger partial charge in [0, 0.05) is 6.07 Å². The summed E-state index contributed by atoms with van der Waals surface area (Å²) in [5.74, 6) is 1.87. The number of rotatable bonds is 5. The molecule has 2 aromatic carbocycles. The first-order chi connectivity index (χ1) is 10.1. The van der Waals surface area contributed by atoms with Gasteiger partial charge in [0.2, 0.25) is 0 Å². The first kappa shape index (κ1) is 14.8. The van der Waals surface area contributed by atoms with Crippen molar-refractivity contribution >= 4 is 5.57 Å². The van der Waals surface area contributed by atoms with E-state index in [1.165, 1.54) is 7.11 Å². The van der Waals surface area contributed by atoms with Crippen molar-refractivity contribution in [3.05, 3.63) is 54.1 Å². The highest BCUT2D eigenvalue weighted by Crippen LogP contribution is 2.33. The largest absolute Gasteiger partial charge is 0.504 e. The van der Waals surface area contributed by atoms with Gasteiger partial charge in [-0.1, -0.05) is 12.6 Å². The van der Waals surface area contributed by atoms with E-state index >= 15 is 0 Å². The van der Waals surface area contributed by atoms with Gasteiger partial charge in [-0.05, 0) is 41.0 Å². The lowest BCUT2D eigenvalue weighted by Crippen LogP contribution is -1.92. The van der Waals surface area contributed by atoms with Gasteiger partial charge < -0.3 is 19.3 Å². The maximum atomic E-state index is 9.87. The topological polar surface area (TPSA) is 47.9 Å². The molecular formula is C17H18O4. The molecule has 21 heavy (non-hydrogen) atoms. The molecule has 2 aromatic rings. The molecule has 0 fully saturated rings. The SMILES string of the molecule is C=C(c1cc(OC)cc(OC)c1)c1ccc(OC)c(O)c1. The molecule has 2 rings (SSSR count). The summed E-state index contributed by atoms with van der Waals surface area (Å²) in [6, 6.07) is 10.7. The molecule has 0 aliphatic rings. The van der Waals surface area contributed by atoms with Crippen LogP contribution in [-0.4, -0.2) is 26.4 Å². The van der Waals surface area contributed by atoms with Gasteiger partial charge in [-0.3, -0.25) is 0 Å². The lowest BCUT2D eigenvalue weighted by atomic mass is 9.98. The van der Waals surface area contributed by atoms with Gasteiger partial charge >= 0.3 is 0 Å². The van der Waals surface area contributed by atoms with Gasteiger partial charge in [-0.2, -0.15) is 0 Å². The Kier molecular flexibility index (Phi) is 4.38. The number of phenolic OH excluding ortho intramolecular Hbond substituents is 1. The van der Waals surface area contributed by atoms with E-state index in [1.807, 2.05) is 18.2 Å². The average Bonchev–Trinajstić information content (AvgIpc) is 2.53. The van der Waals surface area contributed by atoms with Crippen LogP contribution in [0.4, 0.5) is 0 Å². The molecule has 0 aliphatic carbocycles. The zero-order valence-electron chi connectivity index (χ0n) is 12.3.